The molecule has 0 bridgehead atoms. The molecule has 1 nitrogen and oxygen atoms in total. The van der Waals surface area contributed by atoms with Crippen molar-refractivity contribution in [3.05, 3.63) is 33.6 Å². The van der Waals surface area contributed by atoms with Crippen LogP contribution in [0.5, 0.6) is 0 Å². The van der Waals surface area contributed by atoms with Gasteiger partial charge in [-0.3, -0.25) is 0 Å². The number of unbranched alkanes of at least 4 members (excludes halogenated alkanes) is 1. The minimum absolute atomic E-state index is 0.223. The second kappa shape index (κ2) is 5.47. The molecular formula is C12H17ClFN. The molecule has 3 heteroatoms. The van der Waals surface area contributed by atoms with E-state index >= 15 is 0 Å². The van der Waals surface area contributed by atoms with Crippen LogP contribution < -0.4 is 5.73 Å². The van der Waals surface area contributed by atoms with Crippen LogP contribution in [0.25, 0.3) is 0 Å². The van der Waals surface area contributed by atoms with E-state index in [9.17, 15) is 4.39 Å². The van der Waals surface area contributed by atoms with Crippen LogP contribution >= 0.6 is 11.6 Å². The summed E-state index contributed by atoms with van der Waals surface area (Å²) in [6.07, 6.45) is 2.55. The molecule has 0 radical (unpaired) electrons. The zero-order valence-corrected chi connectivity index (χ0v) is 9.99. The van der Waals surface area contributed by atoms with Crippen molar-refractivity contribution in [1.82, 2.24) is 0 Å². The lowest BCUT2D eigenvalue weighted by Crippen LogP contribution is -2.02. The predicted molar refractivity (Wildman–Crippen MR) is 62.9 cm³/mol. The summed E-state index contributed by atoms with van der Waals surface area (Å²) in [5.74, 6) is -0.267. The highest BCUT2D eigenvalue weighted by Gasteiger charge is 2.11. The first kappa shape index (κ1) is 12.5. The topological polar surface area (TPSA) is 26.0 Å². The molecule has 0 amide bonds. The Bertz CT molecular complexity index is 324. The zero-order chi connectivity index (χ0) is 11.4. The van der Waals surface area contributed by atoms with Gasteiger partial charge in [-0.2, -0.15) is 0 Å². The van der Waals surface area contributed by atoms with Crippen molar-refractivity contribution in [2.75, 3.05) is 6.54 Å². The minimum Gasteiger partial charge on any atom is -0.330 e. The van der Waals surface area contributed by atoms with Crippen molar-refractivity contribution in [3.8, 4) is 0 Å². The molecule has 0 spiro atoms. The molecule has 84 valence electrons. The molecule has 1 aromatic rings. The number of hydrogen-bond donors (Lipinski definition) is 1. The van der Waals surface area contributed by atoms with E-state index in [1.165, 1.54) is 0 Å². The van der Waals surface area contributed by atoms with E-state index in [-0.39, 0.29) is 10.8 Å². The number of rotatable bonds is 4. The number of halogens is 2. The van der Waals surface area contributed by atoms with Gasteiger partial charge in [0.15, 0.2) is 0 Å². The zero-order valence-electron chi connectivity index (χ0n) is 9.24. The average molecular weight is 230 g/mol. The second-order valence-electron chi connectivity index (χ2n) is 3.84. The lowest BCUT2D eigenvalue weighted by molar-refractivity contribution is 0.598. The summed E-state index contributed by atoms with van der Waals surface area (Å²) < 4.78 is 13.7. The number of benzene rings is 1. The van der Waals surface area contributed by atoms with Crippen LogP contribution in [0.2, 0.25) is 5.02 Å². The molecule has 0 atom stereocenters. The molecule has 0 fully saturated rings. The molecule has 0 aromatic heterocycles. The first-order valence-electron chi connectivity index (χ1n) is 5.22. The first-order chi connectivity index (χ1) is 7.07. The van der Waals surface area contributed by atoms with Gasteiger partial charge in [-0.25, -0.2) is 4.39 Å². The van der Waals surface area contributed by atoms with Crippen LogP contribution in [0.4, 0.5) is 4.39 Å². The number of hydrogen-bond acceptors (Lipinski definition) is 1. The third-order valence-corrected chi connectivity index (χ3v) is 3.02. The molecule has 1 aromatic carbocycles. The van der Waals surface area contributed by atoms with Gasteiger partial charge in [-0.15, -0.1) is 0 Å². The molecule has 0 saturated heterocycles. The van der Waals surface area contributed by atoms with E-state index in [0.717, 1.165) is 36.0 Å². The first-order valence-corrected chi connectivity index (χ1v) is 5.60. The summed E-state index contributed by atoms with van der Waals surface area (Å²) in [5.41, 5.74) is 8.21. The lowest BCUT2D eigenvalue weighted by atomic mass is 9.98. The highest BCUT2D eigenvalue weighted by atomic mass is 35.5. The molecule has 0 saturated carbocycles. The average Bonchev–Trinajstić information content (AvgIpc) is 2.20. The van der Waals surface area contributed by atoms with E-state index in [2.05, 4.69) is 0 Å². The molecule has 15 heavy (non-hydrogen) atoms. The smallest absolute Gasteiger partial charge is 0.145 e. The van der Waals surface area contributed by atoms with Gasteiger partial charge in [-0.05, 0) is 62.4 Å². The van der Waals surface area contributed by atoms with Gasteiger partial charge in [0.1, 0.15) is 5.82 Å². The van der Waals surface area contributed by atoms with E-state index in [0.29, 0.717) is 6.54 Å². The van der Waals surface area contributed by atoms with Gasteiger partial charge in [0, 0.05) is 0 Å². The van der Waals surface area contributed by atoms with Crippen molar-refractivity contribution in [2.24, 2.45) is 5.73 Å². The standard InChI is InChI=1S/C12H17ClFN/c1-8-7-11(13)12(14)10(9(8)2)5-3-4-6-15/h7H,3-6,15H2,1-2H3. The summed E-state index contributed by atoms with van der Waals surface area (Å²) >= 11 is 5.80. The van der Waals surface area contributed by atoms with Gasteiger partial charge in [0.2, 0.25) is 0 Å². The fourth-order valence-electron chi connectivity index (χ4n) is 1.65. The van der Waals surface area contributed by atoms with E-state index in [1.54, 1.807) is 6.07 Å². The van der Waals surface area contributed by atoms with Crippen LogP contribution in [0, 0.1) is 19.7 Å². The molecule has 0 heterocycles. The van der Waals surface area contributed by atoms with E-state index in [1.807, 2.05) is 13.8 Å². The Kier molecular flexibility index (Phi) is 4.55. The Morgan fingerprint density at radius 3 is 2.60 bits per heavy atom. The summed E-state index contributed by atoms with van der Waals surface area (Å²) in [5, 5.41) is 0.223. The molecule has 0 unspecified atom stereocenters. The van der Waals surface area contributed by atoms with Crippen LogP contribution in [-0.2, 0) is 6.42 Å². The predicted octanol–water partition coefficient (Wildman–Crippen LogP) is 3.38. The SMILES string of the molecule is Cc1cc(Cl)c(F)c(CCCCN)c1C. The maximum absolute atomic E-state index is 13.7. The van der Waals surface area contributed by atoms with Crippen LogP contribution in [0.15, 0.2) is 6.07 Å². The number of nitrogens with two attached hydrogens (primary N) is 1. The van der Waals surface area contributed by atoms with Crippen LogP contribution in [-0.4, -0.2) is 6.54 Å². The Hall–Kier alpha value is -0.600. The fourth-order valence-corrected chi connectivity index (χ4v) is 1.93. The third kappa shape index (κ3) is 2.93. The normalized spacial score (nSPS) is 10.7. The minimum atomic E-state index is -0.267. The molecule has 0 aliphatic heterocycles. The Balaban J connectivity index is 2.94. The summed E-state index contributed by atoms with van der Waals surface area (Å²) in [7, 11) is 0. The largest absolute Gasteiger partial charge is 0.330 e. The van der Waals surface area contributed by atoms with Gasteiger partial charge in [-0.1, -0.05) is 11.6 Å². The van der Waals surface area contributed by atoms with Crippen LogP contribution in [0.1, 0.15) is 29.5 Å². The lowest BCUT2D eigenvalue weighted by Gasteiger charge is -2.11. The molecule has 0 aliphatic rings. The molecule has 1 rings (SSSR count). The van der Waals surface area contributed by atoms with E-state index in [4.69, 9.17) is 17.3 Å². The van der Waals surface area contributed by atoms with Gasteiger partial charge >= 0.3 is 0 Å². The van der Waals surface area contributed by atoms with Crippen molar-refractivity contribution >= 4 is 11.6 Å². The van der Waals surface area contributed by atoms with Crippen molar-refractivity contribution in [1.29, 1.82) is 0 Å². The van der Waals surface area contributed by atoms with Gasteiger partial charge < -0.3 is 5.73 Å². The van der Waals surface area contributed by atoms with Crippen molar-refractivity contribution in [2.45, 2.75) is 33.1 Å². The maximum atomic E-state index is 13.7. The van der Waals surface area contributed by atoms with Crippen molar-refractivity contribution in [3.63, 3.8) is 0 Å². The molecular weight excluding hydrogens is 213 g/mol. The Morgan fingerprint density at radius 2 is 2.00 bits per heavy atom. The quantitative estimate of drug-likeness (QED) is 0.788. The highest BCUT2D eigenvalue weighted by Crippen LogP contribution is 2.26. The summed E-state index contributed by atoms with van der Waals surface area (Å²) in [6.45, 7) is 4.54. The molecule has 0 aliphatic carbocycles. The second-order valence-corrected chi connectivity index (χ2v) is 4.25. The molecule has 2 N–H and O–H groups in total. The number of aryl methyl sites for hydroxylation is 1. The summed E-state index contributed by atoms with van der Waals surface area (Å²) in [6, 6.07) is 1.68. The van der Waals surface area contributed by atoms with Crippen LogP contribution in [0.3, 0.4) is 0 Å². The monoisotopic (exact) mass is 229 g/mol. The maximum Gasteiger partial charge on any atom is 0.145 e. The summed E-state index contributed by atoms with van der Waals surface area (Å²) in [4.78, 5) is 0. The van der Waals surface area contributed by atoms with Crippen molar-refractivity contribution < 1.29 is 4.39 Å². The third-order valence-electron chi connectivity index (χ3n) is 2.74. The highest BCUT2D eigenvalue weighted by molar-refractivity contribution is 6.30. The Morgan fingerprint density at radius 1 is 1.33 bits per heavy atom. The van der Waals surface area contributed by atoms with E-state index < -0.39 is 0 Å². The fraction of sp³-hybridized carbons (Fsp3) is 0.500. The van der Waals surface area contributed by atoms with Gasteiger partial charge in [0.25, 0.3) is 0 Å². The Labute approximate surface area is 95.4 Å². The van der Waals surface area contributed by atoms with Gasteiger partial charge in [0.05, 0.1) is 5.02 Å².